The molecule has 0 saturated heterocycles. The zero-order valence-electron chi connectivity index (χ0n) is 6.20. The highest BCUT2D eigenvalue weighted by Gasteiger charge is 2.16. The lowest BCUT2D eigenvalue weighted by molar-refractivity contribution is 0.150. The summed E-state index contributed by atoms with van der Waals surface area (Å²) < 4.78 is 25.7. The monoisotopic (exact) mass is 381 g/mol. The van der Waals surface area contributed by atoms with Gasteiger partial charge in [0.2, 0.25) is 0 Å². The first-order valence-electron chi connectivity index (χ1n) is 3.25. The largest absolute Gasteiger partial charge is 0.265 e. The molecular weight excluding hydrogens is 378 g/mol. The van der Waals surface area contributed by atoms with Gasteiger partial charge in [-0.15, -0.1) is 11.6 Å². The van der Waals surface area contributed by atoms with Crippen LogP contribution in [0.1, 0.15) is 17.7 Å². The quantitative estimate of drug-likeness (QED) is 0.426. The molecule has 0 aliphatic rings. The van der Waals surface area contributed by atoms with Crippen molar-refractivity contribution >= 4 is 50.1 Å². The third-order valence-corrected chi connectivity index (χ3v) is 3.11. The fourth-order valence-electron chi connectivity index (χ4n) is 0.816. The Morgan fingerprint density at radius 3 is 2.69 bits per heavy atom. The third-order valence-electron chi connectivity index (χ3n) is 1.38. The predicted molar refractivity (Wildman–Crippen MR) is 59.2 cm³/mol. The molecule has 0 atom stereocenters. The minimum absolute atomic E-state index is 0.0601. The van der Waals surface area contributed by atoms with Gasteiger partial charge in [-0.05, 0) is 44.6 Å². The van der Waals surface area contributed by atoms with Gasteiger partial charge in [0.15, 0.2) is 0 Å². The summed E-state index contributed by atoms with van der Waals surface area (Å²) in [6, 6.07) is 1.34. The second-order valence-corrected chi connectivity index (χ2v) is 4.39. The molecule has 1 rings (SSSR count). The van der Waals surface area contributed by atoms with Crippen molar-refractivity contribution in [3.05, 3.63) is 25.5 Å². The highest BCUT2D eigenvalue weighted by Crippen LogP contribution is 2.31. The van der Waals surface area contributed by atoms with Gasteiger partial charge in [0.25, 0.3) is 6.43 Å². The molecule has 1 heterocycles. The van der Waals surface area contributed by atoms with E-state index in [4.69, 9.17) is 11.6 Å². The molecule has 0 aromatic carbocycles. The first-order valence-corrected chi connectivity index (χ1v) is 5.65. The molecule has 13 heavy (non-hydrogen) atoms. The van der Waals surface area contributed by atoms with Gasteiger partial charge in [0.05, 0.1) is 11.6 Å². The van der Waals surface area contributed by atoms with E-state index < -0.39 is 6.43 Å². The minimum atomic E-state index is -2.51. The molecule has 72 valence electrons. The van der Waals surface area contributed by atoms with Crippen LogP contribution >= 0.6 is 50.1 Å². The summed E-state index contributed by atoms with van der Waals surface area (Å²) in [5, 5.41) is 0. The highest BCUT2D eigenvalue weighted by atomic mass is 127. The molecule has 1 aromatic heterocycles. The lowest BCUT2D eigenvalue weighted by Crippen LogP contribution is -1.97. The molecule has 1 aromatic rings. The molecule has 0 aliphatic carbocycles. The second kappa shape index (κ2) is 4.84. The van der Waals surface area contributed by atoms with Crippen LogP contribution in [0.3, 0.4) is 0 Å². The molecule has 0 saturated carbocycles. The molecule has 0 radical (unpaired) electrons. The highest BCUT2D eigenvalue weighted by molar-refractivity contribution is 14.1. The molecule has 0 unspecified atom stereocenters. The summed E-state index contributed by atoms with van der Waals surface area (Å²) in [5.74, 6) is 0.122. The third kappa shape index (κ3) is 2.73. The van der Waals surface area contributed by atoms with Gasteiger partial charge in [-0.1, -0.05) is 0 Å². The van der Waals surface area contributed by atoms with Crippen LogP contribution in [-0.4, -0.2) is 4.98 Å². The van der Waals surface area contributed by atoms with Gasteiger partial charge in [-0.2, -0.15) is 0 Å². The normalized spacial score (nSPS) is 10.9. The minimum Gasteiger partial charge on any atom is -0.244 e. The van der Waals surface area contributed by atoms with Crippen LogP contribution < -0.4 is 0 Å². The van der Waals surface area contributed by atoms with Crippen LogP contribution in [0, 0.1) is 3.70 Å². The van der Waals surface area contributed by atoms with Crippen molar-refractivity contribution in [2.24, 2.45) is 0 Å². The van der Waals surface area contributed by atoms with Gasteiger partial charge >= 0.3 is 0 Å². The molecule has 0 N–H and O–H groups in total. The van der Waals surface area contributed by atoms with Crippen molar-refractivity contribution < 1.29 is 8.78 Å². The van der Waals surface area contributed by atoms with Crippen molar-refractivity contribution in [2.75, 3.05) is 0 Å². The molecular formula is C7H4BrClF2IN. The number of alkyl halides is 3. The number of halogens is 5. The SMILES string of the molecule is FC(F)c1cc(I)nc(CCl)c1Br. The van der Waals surface area contributed by atoms with E-state index in [1.54, 1.807) is 0 Å². The summed E-state index contributed by atoms with van der Waals surface area (Å²) in [4.78, 5) is 4.01. The Kier molecular flexibility index (Phi) is 4.31. The molecule has 0 amide bonds. The summed E-state index contributed by atoms with van der Waals surface area (Å²) in [6.45, 7) is 0. The van der Waals surface area contributed by atoms with Gasteiger partial charge in [0.1, 0.15) is 3.70 Å². The van der Waals surface area contributed by atoms with E-state index in [-0.39, 0.29) is 11.4 Å². The maximum atomic E-state index is 12.4. The smallest absolute Gasteiger partial charge is 0.244 e. The molecule has 1 nitrogen and oxygen atoms in total. The Balaban J connectivity index is 3.27. The number of rotatable bonds is 2. The summed E-state index contributed by atoms with van der Waals surface area (Å²) >= 11 is 10.5. The van der Waals surface area contributed by atoms with Crippen LogP contribution in [0.4, 0.5) is 8.78 Å². The summed E-state index contributed by atoms with van der Waals surface area (Å²) in [7, 11) is 0. The summed E-state index contributed by atoms with van der Waals surface area (Å²) in [5.41, 5.74) is 0.388. The van der Waals surface area contributed by atoms with Crippen molar-refractivity contribution in [2.45, 2.75) is 12.3 Å². The lowest BCUT2D eigenvalue weighted by atomic mass is 10.2. The van der Waals surface area contributed by atoms with Crippen LogP contribution in [0.2, 0.25) is 0 Å². The van der Waals surface area contributed by atoms with E-state index in [0.29, 0.717) is 13.9 Å². The van der Waals surface area contributed by atoms with E-state index in [1.165, 1.54) is 6.07 Å². The average Bonchev–Trinajstić information content (AvgIpc) is 2.08. The Labute approximate surface area is 101 Å². The van der Waals surface area contributed by atoms with Crippen LogP contribution in [-0.2, 0) is 5.88 Å². The Bertz CT molecular complexity index is 322. The number of pyridine rings is 1. The van der Waals surface area contributed by atoms with E-state index in [1.807, 2.05) is 22.6 Å². The molecule has 0 fully saturated rings. The van der Waals surface area contributed by atoms with Crippen LogP contribution in [0.5, 0.6) is 0 Å². The van der Waals surface area contributed by atoms with Crippen molar-refractivity contribution in [3.63, 3.8) is 0 Å². The summed E-state index contributed by atoms with van der Waals surface area (Å²) in [6.07, 6.45) is -2.51. The Morgan fingerprint density at radius 2 is 2.23 bits per heavy atom. The van der Waals surface area contributed by atoms with Gasteiger partial charge in [-0.25, -0.2) is 13.8 Å². The van der Waals surface area contributed by atoms with Crippen molar-refractivity contribution in [3.8, 4) is 0 Å². The first kappa shape index (κ1) is 11.6. The Morgan fingerprint density at radius 1 is 1.62 bits per heavy atom. The number of aromatic nitrogens is 1. The molecule has 0 spiro atoms. The van der Waals surface area contributed by atoms with Crippen molar-refractivity contribution in [1.82, 2.24) is 4.98 Å². The van der Waals surface area contributed by atoms with E-state index in [2.05, 4.69) is 20.9 Å². The van der Waals surface area contributed by atoms with Crippen LogP contribution in [0.15, 0.2) is 10.5 Å². The number of nitrogens with zero attached hydrogens (tertiary/aromatic N) is 1. The van der Waals surface area contributed by atoms with E-state index >= 15 is 0 Å². The maximum absolute atomic E-state index is 12.4. The zero-order chi connectivity index (χ0) is 10.0. The van der Waals surface area contributed by atoms with E-state index in [0.717, 1.165) is 0 Å². The molecule has 0 aliphatic heterocycles. The number of hydrogen-bond donors (Lipinski definition) is 0. The van der Waals surface area contributed by atoms with Gasteiger partial charge in [0, 0.05) is 10.0 Å². The van der Waals surface area contributed by atoms with Gasteiger partial charge < -0.3 is 0 Å². The standard InChI is InChI=1S/C7H4BrClF2IN/c8-6-3(7(10)11)1-5(12)13-4(6)2-9/h1,7H,2H2. The Hall–Kier alpha value is 0.510. The predicted octanol–water partition coefficient (Wildman–Crippen LogP) is 4.13. The lowest BCUT2D eigenvalue weighted by Gasteiger charge is -2.07. The maximum Gasteiger partial charge on any atom is 0.265 e. The topological polar surface area (TPSA) is 12.9 Å². The molecule has 0 bridgehead atoms. The average molecular weight is 382 g/mol. The molecule has 6 heteroatoms. The zero-order valence-corrected chi connectivity index (χ0v) is 10.7. The number of hydrogen-bond acceptors (Lipinski definition) is 1. The fourth-order valence-corrected chi connectivity index (χ4v) is 2.31. The second-order valence-electron chi connectivity index (χ2n) is 2.23. The van der Waals surface area contributed by atoms with Gasteiger partial charge in [-0.3, -0.25) is 0 Å². The van der Waals surface area contributed by atoms with Crippen LogP contribution in [0.25, 0.3) is 0 Å². The fraction of sp³-hybridized carbons (Fsp3) is 0.286. The van der Waals surface area contributed by atoms with Crippen molar-refractivity contribution in [1.29, 1.82) is 0 Å². The first-order chi connectivity index (χ1) is 6.06. The van der Waals surface area contributed by atoms with E-state index in [9.17, 15) is 8.78 Å².